The third-order valence-electron chi connectivity index (χ3n) is 0.568. The molecule has 0 saturated heterocycles. The van der Waals surface area contributed by atoms with Crippen molar-refractivity contribution in [3.8, 4) is 12.3 Å². The van der Waals surface area contributed by atoms with Crippen molar-refractivity contribution < 1.29 is 9.90 Å². The van der Waals surface area contributed by atoms with Gasteiger partial charge in [-0.2, -0.15) is 0 Å². The first kappa shape index (κ1) is 6.77. The molecule has 0 aromatic carbocycles. The molecule has 0 spiro atoms. The standard InChI is InChI=1S/C6H6O2/c1-3-5(2)4-6(7)8/h1,4H,2H3,(H,7,8)/b5-4+. The SMILES string of the molecule is C#C/C(C)=C/C(=O)O. The van der Waals surface area contributed by atoms with Crippen LogP contribution in [0.1, 0.15) is 6.92 Å². The van der Waals surface area contributed by atoms with Gasteiger partial charge in [-0.05, 0) is 6.92 Å². The fourth-order valence-electron chi connectivity index (χ4n) is 0.227. The Morgan fingerprint density at radius 3 is 2.50 bits per heavy atom. The molecule has 0 aliphatic rings. The summed E-state index contributed by atoms with van der Waals surface area (Å²) in [5.74, 6) is 1.18. The van der Waals surface area contributed by atoms with Crippen LogP contribution in [0.25, 0.3) is 0 Å². The highest BCUT2D eigenvalue weighted by Gasteiger charge is 1.86. The van der Waals surface area contributed by atoms with Crippen molar-refractivity contribution in [2.24, 2.45) is 0 Å². The lowest BCUT2D eigenvalue weighted by molar-refractivity contribution is -0.131. The second-order valence-corrected chi connectivity index (χ2v) is 1.31. The molecule has 0 bridgehead atoms. The van der Waals surface area contributed by atoms with E-state index in [0.29, 0.717) is 5.57 Å². The zero-order valence-corrected chi connectivity index (χ0v) is 4.51. The third-order valence-corrected chi connectivity index (χ3v) is 0.568. The summed E-state index contributed by atoms with van der Waals surface area (Å²) >= 11 is 0. The van der Waals surface area contributed by atoms with Crippen LogP contribution in [0, 0.1) is 12.3 Å². The smallest absolute Gasteiger partial charge is 0.329 e. The van der Waals surface area contributed by atoms with Crippen LogP contribution < -0.4 is 0 Å². The average Bonchev–Trinajstić information content (AvgIpc) is 1.65. The molecule has 0 radical (unpaired) electrons. The topological polar surface area (TPSA) is 37.3 Å². The van der Waals surface area contributed by atoms with Crippen LogP contribution in [0.2, 0.25) is 0 Å². The Labute approximate surface area is 47.8 Å². The van der Waals surface area contributed by atoms with Gasteiger partial charge in [-0.25, -0.2) is 4.79 Å². The lowest BCUT2D eigenvalue weighted by Gasteiger charge is -1.79. The second-order valence-electron chi connectivity index (χ2n) is 1.31. The van der Waals surface area contributed by atoms with Crippen molar-refractivity contribution in [2.45, 2.75) is 6.92 Å². The molecule has 8 heavy (non-hydrogen) atoms. The number of carboxylic acid groups (broad SMARTS) is 1. The average molecular weight is 110 g/mol. The summed E-state index contributed by atoms with van der Waals surface area (Å²) in [5.41, 5.74) is 0.428. The molecule has 0 aromatic rings. The van der Waals surface area contributed by atoms with Crippen molar-refractivity contribution in [2.75, 3.05) is 0 Å². The minimum absolute atomic E-state index is 0.428. The first-order chi connectivity index (χ1) is 3.66. The predicted molar refractivity (Wildman–Crippen MR) is 30.2 cm³/mol. The Hall–Kier alpha value is -1.23. The fraction of sp³-hybridized carbons (Fsp3) is 0.167. The molecule has 0 aliphatic heterocycles. The summed E-state index contributed by atoms with van der Waals surface area (Å²) in [6, 6.07) is 0. The molecule has 42 valence electrons. The maximum Gasteiger partial charge on any atom is 0.329 e. The van der Waals surface area contributed by atoms with E-state index < -0.39 is 5.97 Å². The number of hydrogen-bond donors (Lipinski definition) is 1. The largest absolute Gasteiger partial charge is 0.478 e. The maximum atomic E-state index is 9.80. The maximum absolute atomic E-state index is 9.80. The van der Waals surface area contributed by atoms with Crippen LogP contribution >= 0.6 is 0 Å². The minimum Gasteiger partial charge on any atom is -0.478 e. The van der Waals surface area contributed by atoms with Crippen LogP contribution in [0.3, 0.4) is 0 Å². The molecule has 0 saturated carbocycles. The highest BCUT2D eigenvalue weighted by atomic mass is 16.4. The third kappa shape index (κ3) is 2.98. The molecular formula is C6H6O2. The highest BCUT2D eigenvalue weighted by Crippen LogP contribution is 1.85. The van der Waals surface area contributed by atoms with Crippen molar-refractivity contribution in [1.82, 2.24) is 0 Å². The summed E-state index contributed by atoms with van der Waals surface area (Å²) in [5, 5.41) is 8.04. The Morgan fingerprint density at radius 1 is 1.88 bits per heavy atom. The van der Waals surface area contributed by atoms with Gasteiger partial charge in [0.15, 0.2) is 0 Å². The van der Waals surface area contributed by atoms with Gasteiger partial charge in [-0.15, -0.1) is 6.42 Å². The Bertz CT molecular complexity index is 160. The van der Waals surface area contributed by atoms with Gasteiger partial charge in [0, 0.05) is 11.6 Å². The number of carboxylic acids is 1. The molecule has 0 fully saturated rings. The number of allylic oxidation sites excluding steroid dienone is 1. The van der Waals surface area contributed by atoms with E-state index in [1.165, 1.54) is 0 Å². The lowest BCUT2D eigenvalue weighted by atomic mass is 10.3. The Morgan fingerprint density at radius 2 is 2.38 bits per heavy atom. The predicted octanol–water partition coefficient (Wildman–Crippen LogP) is 0.650. The summed E-state index contributed by atoms with van der Waals surface area (Å²) < 4.78 is 0. The van der Waals surface area contributed by atoms with E-state index in [1.807, 2.05) is 0 Å². The molecule has 0 heterocycles. The van der Waals surface area contributed by atoms with Gasteiger partial charge in [0.05, 0.1) is 0 Å². The van der Waals surface area contributed by atoms with Gasteiger partial charge in [-0.3, -0.25) is 0 Å². The van der Waals surface area contributed by atoms with Crippen molar-refractivity contribution in [1.29, 1.82) is 0 Å². The van der Waals surface area contributed by atoms with Gasteiger partial charge >= 0.3 is 5.97 Å². The van der Waals surface area contributed by atoms with Gasteiger partial charge in [0.2, 0.25) is 0 Å². The Balaban J connectivity index is 4.01. The van der Waals surface area contributed by atoms with Crippen molar-refractivity contribution >= 4 is 5.97 Å². The molecule has 0 atom stereocenters. The zero-order chi connectivity index (χ0) is 6.57. The number of carbonyl (C=O) groups is 1. The quantitative estimate of drug-likeness (QED) is 0.397. The molecule has 2 heteroatoms. The first-order valence-corrected chi connectivity index (χ1v) is 2.04. The zero-order valence-electron chi connectivity index (χ0n) is 4.51. The fourth-order valence-corrected chi connectivity index (χ4v) is 0.227. The highest BCUT2D eigenvalue weighted by molar-refractivity contribution is 5.81. The first-order valence-electron chi connectivity index (χ1n) is 2.04. The van der Waals surface area contributed by atoms with E-state index in [-0.39, 0.29) is 0 Å². The van der Waals surface area contributed by atoms with Crippen molar-refractivity contribution in [3.05, 3.63) is 11.6 Å². The molecule has 0 amide bonds. The Kier molecular flexibility index (Phi) is 2.42. The lowest BCUT2D eigenvalue weighted by Crippen LogP contribution is -1.87. The summed E-state index contributed by atoms with van der Waals surface area (Å²) in [6.07, 6.45) is 5.82. The van der Waals surface area contributed by atoms with Crippen LogP contribution in [0.5, 0.6) is 0 Å². The van der Waals surface area contributed by atoms with Gasteiger partial charge < -0.3 is 5.11 Å². The van der Waals surface area contributed by atoms with E-state index in [2.05, 4.69) is 5.92 Å². The van der Waals surface area contributed by atoms with Crippen LogP contribution in [0.15, 0.2) is 11.6 Å². The van der Waals surface area contributed by atoms with E-state index in [0.717, 1.165) is 6.08 Å². The van der Waals surface area contributed by atoms with E-state index >= 15 is 0 Å². The van der Waals surface area contributed by atoms with Gasteiger partial charge in [0.25, 0.3) is 0 Å². The number of aliphatic carboxylic acids is 1. The number of terminal acetylenes is 1. The summed E-state index contributed by atoms with van der Waals surface area (Å²) in [6.45, 7) is 1.56. The molecule has 0 unspecified atom stereocenters. The summed E-state index contributed by atoms with van der Waals surface area (Å²) in [4.78, 5) is 9.80. The minimum atomic E-state index is -1.000. The monoisotopic (exact) mass is 110 g/mol. The molecule has 1 N–H and O–H groups in total. The van der Waals surface area contributed by atoms with Crippen LogP contribution in [-0.4, -0.2) is 11.1 Å². The molecule has 2 nitrogen and oxygen atoms in total. The van der Waals surface area contributed by atoms with E-state index in [4.69, 9.17) is 11.5 Å². The van der Waals surface area contributed by atoms with Gasteiger partial charge in [-0.1, -0.05) is 5.92 Å². The normalized spacial score (nSPS) is 10.2. The summed E-state index contributed by atoms with van der Waals surface area (Å²) in [7, 11) is 0. The number of hydrogen-bond acceptors (Lipinski definition) is 1. The van der Waals surface area contributed by atoms with Crippen molar-refractivity contribution in [3.63, 3.8) is 0 Å². The molecular weight excluding hydrogens is 104 g/mol. The van der Waals surface area contributed by atoms with Crippen LogP contribution in [0.4, 0.5) is 0 Å². The van der Waals surface area contributed by atoms with Crippen LogP contribution in [-0.2, 0) is 4.79 Å². The molecule has 0 aliphatic carbocycles. The van der Waals surface area contributed by atoms with E-state index in [9.17, 15) is 4.79 Å². The molecule has 0 aromatic heterocycles. The second kappa shape index (κ2) is 2.86. The number of rotatable bonds is 1. The molecule has 0 rings (SSSR count). The van der Waals surface area contributed by atoms with E-state index in [1.54, 1.807) is 6.92 Å². The van der Waals surface area contributed by atoms with Gasteiger partial charge in [0.1, 0.15) is 0 Å².